The summed E-state index contributed by atoms with van der Waals surface area (Å²) in [5, 5.41) is 0. The van der Waals surface area contributed by atoms with Crippen molar-refractivity contribution in [2.45, 2.75) is 63.1 Å². The number of carbonyl (C=O) groups is 1. The van der Waals surface area contributed by atoms with Crippen molar-refractivity contribution in [2.24, 2.45) is 11.5 Å². The van der Waals surface area contributed by atoms with E-state index in [1.54, 1.807) is 0 Å². The lowest BCUT2D eigenvalue weighted by Crippen LogP contribution is -2.58. The number of rotatable bonds is 2. The lowest BCUT2D eigenvalue weighted by Gasteiger charge is -2.44. The highest BCUT2D eigenvalue weighted by Gasteiger charge is 2.35. The van der Waals surface area contributed by atoms with Crippen LogP contribution in [0.4, 0.5) is 0 Å². The van der Waals surface area contributed by atoms with Crippen LogP contribution in [0.15, 0.2) is 0 Å². The minimum Gasteiger partial charge on any atom is -0.368 e. The first-order chi connectivity index (χ1) is 7.70. The largest absolute Gasteiger partial charge is 0.368 e. The van der Waals surface area contributed by atoms with Crippen molar-refractivity contribution in [1.82, 2.24) is 4.90 Å². The molecule has 1 saturated heterocycles. The van der Waals surface area contributed by atoms with Gasteiger partial charge in [-0.05, 0) is 32.2 Å². The van der Waals surface area contributed by atoms with Crippen molar-refractivity contribution in [3.05, 3.63) is 0 Å². The van der Waals surface area contributed by atoms with Gasteiger partial charge < -0.3 is 11.5 Å². The molecule has 0 aromatic heterocycles. The number of piperidine rings is 1. The zero-order valence-corrected chi connectivity index (χ0v) is 9.90. The van der Waals surface area contributed by atoms with Crippen LogP contribution in [-0.2, 0) is 4.79 Å². The second-order valence-electron chi connectivity index (χ2n) is 5.17. The molecule has 1 saturated carbocycles. The van der Waals surface area contributed by atoms with Gasteiger partial charge in [-0.2, -0.15) is 0 Å². The fourth-order valence-corrected chi connectivity index (χ4v) is 3.21. The van der Waals surface area contributed by atoms with Crippen molar-refractivity contribution in [3.8, 4) is 0 Å². The average molecular weight is 225 g/mol. The van der Waals surface area contributed by atoms with Crippen LogP contribution < -0.4 is 11.5 Å². The van der Waals surface area contributed by atoms with E-state index >= 15 is 0 Å². The van der Waals surface area contributed by atoms with Crippen molar-refractivity contribution in [3.63, 3.8) is 0 Å². The van der Waals surface area contributed by atoms with Gasteiger partial charge in [-0.1, -0.05) is 19.3 Å². The molecule has 0 radical (unpaired) electrons. The monoisotopic (exact) mass is 225 g/mol. The number of amides is 1. The molecule has 0 spiro atoms. The SMILES string of the molecule is NC(=O)C1CCCCN1C1CCCCC1N. The normalized spacial score (nSPS) is 37.2. The van der Waals surface area contributed by atoms with Gasteiger partial charge in [-0.25, -0.2) is 0 Å². The van der Waals surface area contributed by atoms with Crippen LogP contribution in [0.5, 0.6) is 0 Å². The molecule has 4 nitrogen and oxygen atoms in total. The Balaban J connectivity index is 2.06. The van der Waals surface area contributed by atoms with E-state index < -0.39 is 0 Å². The third-order valence-corrected chi connectivity index (χ3v) is 4.08. The minimum atomic E-state index is -0.169. The van der Waals surface area contributed by atoms with E-state index in [9.17, 15) is 4.79 Å². The Morgan fingerprint density at radius 1 is 1.06 bits per heavy atom. The van der Waals surface area contributed by atoms with E-state index in [-0.39, 0.29) is 18.0 Å². The Morgan fingerprint density at radius 3 is 2.44 bits per heavy atom. The number of carbonyl (C=O) groups excluding carboxylic acids is 1. The van der Waals surface area contributed by atoms with Gasteiger partial charge in [0.25, 0.3) is 0 Å². The first-order valence-electron chi connectivity index (χ1n) is 6.51. The van der Waals surface area contributed by atoms with E-state index in [0.717, 1.165) is 32.2 Å². The average Bonchev–Trinajstić information content (AvgIpc) is 2.29. The molecule has 0 aromatic carbocycles. The topological polar surface area (TPSA) is 72.4 Å². The smallest absolute Gasteiger partial charge is 0.234 e. The van der Waals surface area contributed by atoms with Crippen molar-refractivity contribution >= 4 is 5.91 Å². The van der Waals surface area contributed by atoms with Gasteiger partial charge in [0.1, 0.15) is 0 Å². The lowest BCUT2D eigenvalue weighted by atomic mass is 9.87. The lowest BCUT2D eigenvalue weighted by molar-refractivity contribution is -0.126. The van der Waals surface area contributed by atoms with Gasteiger partial charge in [0.15, 0.2) is 0 Å². The summed E-state index contributed by atoms with van der Waals surface area (Å²) in [7, 11) is 0. The predicted molar refractivity (Wildman–Crippen MR) is 63.8 cm³/mol. The van der Waals surface area contributed by atoms with E-state index in [2.05, 4.69) is 4.90 Å². The summed E-state index contributed by atoms with van der Waals surface area (Å²) in [6.07, 6.45) is 7.89. The Bertz CT molecular complexity index is 257. The molecule has 1 heterocycles. The summed E-state index contributed by atoms with van der Waals surface area (Å²) in [4.78, 5) is 13.7. The van der Waals surface area contributed by atoms with E-state index in [0.29, 0.717) is 6.04 Å². The maximum Gasteiger partial charge on any atom is 0.234 e. The predicted octanol–water partition coefficient (Wildman–Crippen LogP) is 0.596. The molecule has 4 N–H and O–H groups in total. The quantitative estimate of drug-likeness (QED) is 0.722. The maximum absolute atomic E-state index is 11.5. The molecule has 3 unspecified atom stereocenters. The highest BCUT2D eigenvalue weighted by molar-refractivity contribution is 5.80. The fourth-order valence-electron chi connectivity index (χ4n) is 3.21. The molecule has 1 aliphatic carbocycles. The molecule has 92 valence electrons. The molecular formula is C12H23N3O. The molecule has 1 amide bonds. The number of hydrogen-bond acceptors (Lipinski definition) is 3. The standard InChI is InChI=1S/C12H23N3O/c13-9-5-1-2-6-10(9)15-8-4-3-7-11(15)12(14)16/h9-11H,1-8,13H2,(H2,14,16). The zero-order chi connectivity index (χ0) is 11.5. The first kappa shape index (κ1) is 11.9. The van der Waals surface area contributed by atoms with Crippen LogP contribution in [0.3, 0.4) is 0 Å². The van der Waals surface area contributed by atoms with Crippen LogP contribution in [0.2, 0.25) is 0 Å². The van der Waals surface area contributed by atoms with Gasteiger partial charge in [0.05, 0.1) is 6.04 Å². The van der Waals surface area contributed by atoms with Gasteiger partial charge in [-0.15, -0.1) is 0 Å². The van der Waals surface area contributed by atoms with Crippen LogP contribution in [0.25, 0.3) is 0 Å². The van der Waals surface area contributed by atoms with Crippen molar-refractivity contribution in [2.75, 3.05) is 6.54 Å². The van der Waals surface area contributed by atoms with Gasteiger partial charge in [0.2, 0.25) is 5.91 Å². The number of likely N-dealkylation sites (tertiary alicyclic amines) is 1. The summed E-state index contributed by atoms with van der Waals surface area (Å²) in [5.74, 6) is -0.169. The molecular weight excluding hydrogens is 202 g/mol. The molecule has 2 aliphatic rings. The number of primary amides is 1. The number of nitrogens with two attached hydrogens (primary N) is 2. The molecule has 2 fully saturated rings. The van der Waals surface area contributed by atoms with Crippen LogP contribution in [0, 0.1) is 0 Å². The highest BCUT2D eigenvalue weighted by Crippen LogP contribution is 2.27. The number of hydrogen-bond donors (Lipinski definition) is 2. The summed E-state index contributed by atoms with van der Waals surface area (Å²) < 4.78 is 0. The van der Waals surface area contributed by atoms with Crippen molar-refractivity contribution < 1.29 is 4.79 Å². The second kappa shape index (κ2) is 5.15. The Hall–Kier alpha value is -0.610. The molecule has 16 heavy (non-hydrogen) atoms. The van der Waals surface area contributed by atoms with Crippen molar-refractivity contribution in [1.29, 1.82) is 0 Å². The second-order valence-corrected chi connectivity index (χ2v) is 5.17. The van der Waals surface area contributed by atoms with E-state index in [4.69, 9.17) is 11.5 Å². The highest BCUT2D eigenvalue weighted by atomic mass is 16.1. The van der Waals surface area contributed by atoms with Gasteiger partial charge in [-0.3, -0.25) is 9.69 Å². The molecule has 3 atom stereocenters. The summed E-state index contributed by atoms with van der Waals surface area (Å²) in [6, 6.07) is 0.545. The molecule has 2 rings (SSSR count). The number of nitrogens with zero attached hydrogens (tertiary/aromatic N) is 1. The first-order valence-corrected chi connectivity index (χ1v) is 6.51. The fraction of sp³-hybridized carbons (Fsp3) is 0.917. The zero-order valence-electron chi connectivity index (χ0n) is 9.90. The third kappa shape index (κ3) is 2.38. The molecule has 1 aliphatic heterocycles. The summed E-state index contributed by atoms with van der Waals surface area (Å²) in [6.45, 7) is 0.992. The molecule has 0 aromatic rings. The molecule has 4 heteroatoms. The Kier molecular flexibility index (Phi) is 3.82. The summed E-state index contributed by atoms with van der Waals surface area (Å²) >= 11 is 0. The minimum absolute atomic E-state index is 0.0668. The van der Waals surface area contributed by atoms with E-state index in [1.807, 2.05) is 0 Å². The van der Waals surface area contributed by atoms with E-state index in [1.165, 1.54) is 19.3 Å². The van der Waals surface area contributed by atoms with Crippen LogP contribution in [-0.4, -0.2) is 35.5 Å². The summed E-state index contributed by atoms with van der Waals surface area (Å²) in [5.41, 5.74) is 11.7. The van der Waals surface area contributed by atoms with Crippen LogP contribution in [0.1, 0.15) is 44.9 Å². The Labute approximate surface area is 97.3 Å². The van der Waals surface area contributed by atoms with Gasteiger partial charge >= 0.3 is 0 Å². The van der Waals surface area contributed by atoms with Crippen LogP contribution >= 0.6 is 0 Å². The molecule has 0 bridgehead atoms. The Morgan fingerprint density at radius 2 is 1.75 bits per heavy atom. The third-order valence-electron chi connectivity index (χ3n) is 4.08. The maximum atomic E-state index is 11.5. The van der Waals surface area contributed by atoms with Gasteiger partial charge in [0, 0.05) is 12.1 Å².